The van der Waals surface area contributed by atoms with Crippen molar-refractivity contribution < 1.29 is 9.53 Å². The minimum absolute atomic E-state index is 0.0712. The molecule has 0 radical (unpaired) electrons. The molecular weight excluding hydrogens is 243 g/mol. The number of carbonyl (C=O) groups excluding carboxylic acids is 1. The second-order valence-corrected chi connectivity index (χ2v) is 4.54. The molecule has 0 bridgehead atoms. The summed E-state index contributed by atoms with van der Waals surface area (Å²) < 4.78 is 5.02. The molecule has 74 valence electrons. The largest absolute Gasteiger partial charge is 0.495 e. The summed E-state index contributed by atoms with van der Waals surface area (Å²) in [6.45, 7) is 0. The quantitative estimate of drug-likeness (QED) is 0.763. The third kappa shape index (κ3) is 1.40. The first-order chi connectivity index (χ1) is 6.65. The van der Waals surface area contributed by atoms with Gasteiger partial charge in [0.1, 0.15) is 10.8 Å². The first kappa shape index (κ1) is 10.1. The lowest BCUT2D eigenvalue weighted by molar-refractivity contribution is 0.102. The summed E-state index contributed by atoms with van der Waals surface area (Å²) in [5.74, 6) is 0.951. The van der Waals surface area contributed by atoms with E-state index in [4.69, 9.17) is 27.9 Å². The Morgan fingerprint density at radius 1 is 1.43 bits per heavy atom. The lowest BCUT2D eigenvalue weighted by Crippen LogP contribution is -1.96. The predicted molar refractivity (Wildman–Crippen MR) is 58.1 cm³/mol. The van der Waals surface area contributed by atoms with Crippen molar-refractivity contribution in [2.75, 3.05) is 12.9 Å². The fourth-order valence-corrected chi connectivity index (χ4v) is 2.93. The highest BCUT2D eigenvalue weighted by molar-refractivity contribution is 8.00. The van der Waals surface area contributed by atoms with Crippen molar-refractivity contribution in [3.8, 4) is 5.75 Å². The van der Waals surface area contributed by atoms with Gasteiger partial charge in [-0.3, -0.25) is 4.79 Å². The molecule has 0 saturated heterocycles. The van der Waals surface area contributed by atoms with Gasteiger partial charge in [0.25, 0.3) is 0 Å². The van der Waals surface area contributed by atoms with Crippen LogP contribution < -0.4 is 4.74 Å². The van der Waals surface area contributed by atoms with E-state index in [2.05, 4.69) is 0 Å². The number of methoxy groups -OCH3 is 1. The highest BCUT2D eigenvalue weighted by atomic mass is 35.5. The van der Waals surface area contributed by atoms with Gasteiger partial charge >= 0.3 is 0 Å². The Kier molecular flexibility index (Phi) is 2.64. The molecule has 2 nitrogen and oxygen atoms in total. The summed E-state index contributed by atoms with van der Waals surface area (Å²) >= 11 is 13.4. The Morgan fingerprint density at radius 2 is 2.14 bits per heavy atom. The van der Waals surface area contributed by atoms with Crippen molar-refractivity contribution in [1.82, 2.24) is 0 Å². The van der Waals surface area contributed by atoms with Gasteiger partial charge in [-0.25, -0.2) is 0 Å². The number of ketones is 1. The number of benzene rings is 1. The van der Waals surface area contributed by atoms with Gasteiger partial charge in [-0.1, -0.05) is 23.2 Å². The zero-order valence-corrected chi connectivity index (χ0v) is 9.59. The summed E-state index contributed by atoms with van der Waals surface area (Å²) in [4.78, 5) is 12.2. The minimum Gasteiger partial charge on any atom is -0.495 e. The smallest absolute Gasteiger partial charge is 0.174 e. The SMILES string of the molecule is COc1cc2c(c(Cl)c1Cl)SCC2=O. The summed E-state index contributed by atoms with van der Waals surface area (Å²) in [6.07, 6.45) is 0. The molecule has 14 heavy (non-hydrogen) atoms. The number of ether oxygens (including phenoxy) is 1. The highest BCUT2D eigenvalue weighted by Gasteiger charge is 2.26. The third-order valence-electron chi connectivity index (χ3n) is 2.00. The molecule has 1 aliphatic heterocycles. The van der Waals surface area contributed by atoms with Crippen molar-refractivity contribution in [2.45, 2.75) is 4.90 Å². The molecule has 0 N–H and O–H groups in total. The van der Waals surface area contributed by atoms with Gasteiger partial charge in [0.15, 0.2) is 5.78 Å². The molecule has 2 rings (SSSR count). The van der Waals surface area contributed by atoms with Gasteiger partial charge in [0, 0.05) is 10.5 Å². The van der Waals surface area contributed by atoms with Crippen LogP contribution in [0.25, 0.3) is 0 Å². The van der Waals surface area contributed by atoms with E-state index in [1.54, 1.807) is 6.07 Å². The average Bonchev–Trinajstić information content (AvgIpc) is 2.54. The molecule has 0 spiro atoms. The van der Waals surface area contributed by atoms with Crippen molar-refractivity contribution in [3.05, 3.63) is 21.7 Å². The summed E-state index contributed by atoms with van der Waals surface area (Å²) in [7, 11) is 1.50. The van der Waals surface area contributed by atoms with Gasteiger partial charge in [-0.2, -0.15) is 0 Å². The highest BCUT2D eigenvalue weighted by Crippen LogP contribution is 2.45. The number of hydrogen-bond acceptors (Lipinski definition) is 3. The maximum atomic E-state index is 11.4. The monoisotopic (exact) mass is 248 g/mol. The summed E-state index contributed by atoms with van der Waals surface area (Å²) in [5.41, 5.74) is 0.612. The van der Waals surface area contributed by atoms with Crippen LogP contribution in [0.4, 0.5) is 0 Å². The van der Waals surface area contributed by atoms with Gasteiger partial charge in [-0.05, 0) is 6.07 Å². The molecule has 0 saturated carbocycles. The van der Waals surface area contributed by atoms with Crippen LogP contribution in [0.3, 0.4) is 0 Å². The average molecular weight is 249 g/mol. The zero-order valence-electron chi connectivity index (χ0n) is 7.27. The van der Waals surface area contributed by atoms with Gasteiger partial charge in [-0.15, -0.1) is 11.8 Å². The first-order valence-corrected chi connectivity index (χ1v) is 5.61. The molecule has 0 unspecified atom stereocenters. The van der Waals surface area contributed by atoms with Crippen LogP contribution in [0.1, 0.15) is 10.4 Å². The van der Waals surface area contributed by atoms with Crippen LogP contribution in [0.5, 0.6) is 5.75 Å². The maximum Gasteiger partial charge on any atom is 0.174 e. The first-order valence-electron chi connectivity index (χ1n) is 3.87. The summed E-state index contributed by atoms with van der Waals surface area (Å²) in [6, 6.07) is 1.64. The van der Waals surface area contributed by atoms with Crippen LogP contribution in [-0.4, -0.2) is 18.6 Å². The summed E-state index contributed by atoms with van der Waals surface area (Å²) in [5, 5.41) is 0.784. The van der Waals surface area contributed by atoms with Crippen LogP contribution in [-0.2, 0) is 0 Å². The van der Waals surface area contributed by atoms with Crippen molar-refractivity contribution in [2.24, 2.45) is 0 Å². The Morgan fingerprint density at radius 3 is 2.79 bits per heavy atom. The number of Topliss-reactive ketones (excluding diaryl/α,β-unsaturated/α-hetero) is 1. The maximum absolute atomic E-state index is 11.4. The molecule has 0 aliphatic carbocycles. The molecular formula is C9H6Cl2O2S. The standard InChI is InChI=1S/C9H6Cl2O2S/c1-13-6-2-4-5(12)3-14-9(4)8(11)7(6)10/h2H,3H2,1H3. The second-order valence-electron chi connectivity index (χ2n) is 2.80. The van der Waals surface area contributed by atoms with E-state index in [-0.39, 0.29) is 5.78 Å². The Bertz CT molecular complexity index is 418. The lowest BCUT2D eigenvalue weighted by atomic mass is 10.1. The van der Waals surface area contributed by atoms with E-state index in [0.717, 1.165) is 4.90 Å². The molecule has 5 heteroatoms. The molecule has 1 aliphatic rings. The normalized spacial score (nSPS) is 14.4. The topological polar surface area (TPSA) is 26.3 Å². The number of fused-ring (bicyclic) bond motifs is 1. The van der Waals surface area contributed by atoms with Gasteiger partial charge in [0.2, 0.25) is 0 Å². The third-order valence-corrected chi connectivity index (χ3v) is 4.08. The Labute approximate surface area is 95.5 Å². The number of rotatable bonds is 1. The predicted octanol–water partition coefficient (Wildman–Crippen LogP) is 3.29. The fraction of sp³-hybridized carbons (Fsp3) is 0.222. The van der Waals surface area contributed by atoms with Crippen LogP contribution in [0.15, 0.2) is 11.0 Å². The number of carbonyl (C=O) groups is 1. The molecule has 1 aromatic carbocycles. The van der Waals surface area contributed by atoms with E-state index in [1.807, 2.05) is 0 Å². The van der Waals surface area contributed by atoms with Crippen LogP contribution >= 0.6 is 35.0 Å². The number of halogens is 2. The molecule has 0 fully saturated rings. The van der Waals surface area contributed by atoms with E-state index in [0.29, 0.717) is 27.1 Å². The second kappa shape index (κ2) is 3.65. The van der Waals surface area contributed by atoms with E-state index in [1.165, 1.54) is 18.9 Å². The minimum atomic E-state index is 0.0712. The number of hydrogen-bond donors (Lipinski definition) is 0. The van der Waals surface area contributed by atoms with Crippen molar-refractivity contribution in [1.29, 1.82) is 0 Å². The Balaban J connectivity index is 2.68. The van der Waals surface area contributed by atoms with Crippen molar-refractivity contribution in [3.63, 3.8) is 0 Å². The van der Waals surface area contributed by atoms with Crippen molar-refractivity contribution >= 4 is 40.7 Å². The zero-order chi connectivity index (χ0) is 10.3. The van der Waals surface area contributed by atoms with E-state index in [9.17, 15) is 4.79 Å². The molecule has 1 heterocycles. The van der Waals surface area contributed by atoms with Crippen LogP contribution in [0.2, 0.25) is 10.0 Å². The van der Waals surface area contributed by atoms with Crippen LogP contribution in [0, 0.1) is 0 Å². The fourth-order valence-electron chi connectivity index (χ4n) is 1.30. The van der Waals surface area contributed by atoms with E-state index >= 15 is 0 Å². The Hall–Kier alpha value is -0.380. The van der Waals surface area contributed by atoms with Gasteiger partial charge < -0.3 is 4.74 Å². The lowest BCUT2D eigenvalue weighted by Gasteiger charge is -2.07. The van der Waals surface area contributed by atoms with E-state index < -0.39 is 0 Å². The number of thioether (sulfide) groups is 1. The molecule has 0 aromatic heterocycles. The molecule has 1 aromatic rings. The van der Waals surface area contributed by atoms with Gasteiger partial charge in [0.05, 0.1) is 17.9 Å². The molecule has 0 atom stereocenters. The molecule has 0 amide bonds.